The van der Waals surface area contributed by atoms with Gasteiger partial charge in [0.2, 0.25) is 0 Å². The largest absolute Gasteiger partial charge is 0.492 e. The van der Waals surface area contributed by atoms with Crippen molar-refractivity contribution in [2.45, 2.75) is 18.9 Å². The number of carboxylic acid groups (broad SMARTS) is 1. The van der Waals surface area contributed by atoms with Crippen molar-refractivity contribution in [3.05, 3.63) is 65.9 Å². The van der Waals surface area contributed by atoms with E-state index in [4.69, 9.17) is 19.1 Å². The summed E-state index contributed by atoms with van der Waals surface area (Å²) in [4.78, 5) is 10.9. The van der Waals surface area contributed by atoms with Crippen molar-refractivity contribution in [2.75, 3.05) is 6.61 Å². The summed E-state index contributed by atoms with van der Waals surface area (Å²) in [7, 11) is 0. The highest BCUT2D eigenvalue weighted by Gasteiger charge is 2.26. The number of ether oxygens (including phenoxy) is 2. The topological polar surface area (TPSA) is 81.8 Å². The van der Waals surface area contributed by atoms with Gasteiger partial charge in [-0.25, -0.2) is 0 Å². The number of hydrogen-bond acceptors (Lipinski definition) is 5. The minimum atomic E-state index is -0.827. The Balaban J connectivity index is 1.42. The van der Waals surface area contributed by atoms with Crippen LogP contribution in [0, 0.1) is 0 Å². The highest BCUT2D eigenvalue weighted by Crippen LogP contribution is 2.38. The van der Waals surface area contributed by atoms with Crippen LogP contribution in [0.4, 0.5) is 0 Å². The van der Waals surface area contributed by atoms with Crippen LogP contribution in [0.5, 0.6) is 11.5 Å². The molecule has 2 aromatic carbocycles. The molecule has 1 aromatic heterocycles. The average molecular weight is 351 g/mol. The van der Waals surface area contributed by atoms with Gasteiger partial charge in [0.1, 0.15) is 23.8 Å². The summed E-state index contributed by atoms with van der Waals surface area (Å²) >= 11 is 0. The molecule has 4 rings (SSSR count). The minimum Gasteiger partial charge on any atom is -0.492 e. The van der Waals surface area contributed by atoms with Gasteiger partial charge in [0, 0.05) is 29.2 Å². The SMILES string of the molecule is O=C(O)CC1COc2cc(OCc3cc(-c4ccccc4)on3)ccc21. The number of benzene rings is 2. The van der Waals surface area contributed by atoms with Gasteiger partial charge in [0.05, 0.1) is 13.0 Å². The zero-order valence-corrected chi connectivity index (χ0v) is 13.9. The van der Waals surface area contributed by atoms with Crippen molar-refractivity contribution in [1.82, 2.24) is 5.16 Å². The molecule has 26 heavy (non-hydrogen) atoms. The molecule has 0 fully saturated rings. The van der Waals surface area contributed by atoms with Gasteiger partial charge >= 0.3 is 5.97 Å². The molecule has 1 atom stereocenters. The van der Waals surface area contributed by atoms with Crippen LogP contribution in [0.15, 0.2) is 59.1 Å². The predicted octanol–water partition coefficient (Wildman–Crippen LogP) is 3.87. The molecule has 1 N–H and O–H groups in total. The molecular weight excluding hydrogens is 334 g/mol. The van der Waals surface area contributed by atoms with Gasteiger partial charge in [-0.05, 0) is 6.07 Å². The monoisotopic (exact) mass is 351 g/mol. The second kappa shape index (κ2) is 6.92. The Morgan fingerprint density at radius 3 is 2.85 bits per heavy atom. The van der Waals surface area contributed by atoms with E-state index < -0.39 is 5.97 Å². The third-order valence-corrected chi connectivity index (χ3v) is 4.29. The van der Waals surface area contributed by atoms with E-state index in [1.54, 1.807) is 6.07 Å². The van der Waals surface area contributed by atoms with Gasteiger partial charge in [0.25, 0.3) is 0 Å². The molecule has 6 heteroatoms. The molecule has 1 unspecified atom stereocenters. The number of carbonyl (C=O) groups is 1. The number of rotatable bonds is 6. The fourth-order valence-electron chi connectivity index (χ4n) is 3.00. The number of hydrogen-bond donors (Lipinski definition) is 1. The predicted molar refractivity (Wildman–Crippen MR) is 93.2 cm³/mol. The van der Waals surface area contributed by atoms with E-state index in [2.05, 4.69) is 5.16 Å². The Kier molecular flexibility index (Phi) is 4.31. The fourth-order valence-corrected chi connectivity index (χ4v) is 3.00. The minimum absolute atomic E-state index is 0.0639. The lowest BCUT2D eigenvalue weighted by Crippen LogP contribution is -2.07. The van der Waals surface area contributed by atoms with Gasteiger partial charge < -0.3 is 19.1 Å². The van der Waals surface area contributed by atoms with Crippen LogP contribution in [-0.2, 0) is 11.4 Å². The molecule has 6 nitrogen and oxygen atoms in total. The van der Waals surface area contributed by atoms with Gasteiger partial charge in [0.15, 0.2) is 5.76 Å². The first-order valence-electron chi connectivity index (χ1n) is 8.31. The molecule has 0 radical (unpaired) electrons. The van der Waals surface area contributed by atoms with Crippen LogP contribution in [0.1, 0.15) is 23.6 Å². The summed E-state index contributed by atoms with van der Waals surface area (Å²) < 4.78 is 16.7. The normalized spacial score (nSPS) is 15.3. The first-order valence-corrected chi connectivity index (χ1v) is 8.31. The van der Waals surface area contributed by atoms with Gasteiger partial charge in [-0.3, -0.25) is 4.79 Å². The summed E-state index contributed by atoms with van der Waals surface area (Å²) in [6, 6.07) is 17.1. The molecule has 132 valence electrons. The standard InChI is InChI=1S/C20H17NO5/c22-20(23)8-14-11-25-19-10-16(6-7-17(14)19)24-12-15-9-18(26-21-15)13-4-2-1-3-5-13/h1-7,9-10,14H,8,11-12H2,(H,22,23). The molecular formula is C20H17NO5. The third kappa shape index (κ3) is 3.39. The number of carboxylic acids is 1. The summed E-state index contributed by atoms with van der Waals surface area (Å²) in [5.74, 6) is 1.08. The molecule has 2 heterocycles. The average Bonchev–Trinajstić information content (AvgIpc) is 3.27. The van der Waals surface area contributed by atoms with E-state index in [1.807, 2.05) is 48.5 Å². The maximum Gasteiger partial charge on any atom is 0.304 e. The Morgan fingerprint density at radius 1 is 1.19 bits per heavy atom. The van der Waals surface area contributed by atoms with Crippen molar-refractivity contribution in [3.8, 4) is 22.8 Å². The Bertz CT molecular complexity index is 919. The lowest BCUT2D eigenvalue weighted by atomic mass is 9.98. The fraction of sp³-hybridized carbons (Fsp3) is 0.200. The number of fused-ring (bicyclic) bond motifs is 1. The lowest BCUT2D eigenvalue weighted by Gasteiger charge is -2.07. The van der Waals surface area contributed by atoms with Gasteiger partial charge in [-0.2, -0.15) is 0 Å². The summed E-state index contributed by atoms with van der Waals surface area (Å²) in [6.07, 6.45) is 0.0639. The molecule has 0 aliphatic carbocycles. The summed E-state index contributed by atoms with van der Waals surface area (Å²) in [5, 5.41) is 13.0. The van der Waals surface area contributed by atoms with E-state index >= 15 is 0 Å². The Morgan fingerprint density at radius 2 is 2.04 bits per heavy atom. The van der Waals surface area contributed by atoms with E-state index in [1.165, 1.54) is 0 Å². The maximum atomic E-state index is 10.9. The van der Waals surface area contributed by atoms with Crippen molar-refractivity contribution in [3.63, 3.8) is 0 Å². The lowest BCUT2D eigenvalue weighted by molar-refractivity contribution is -0.137. The van der Waals surface area contributed by atoms with Crippen molar-refractivity contribution >= 4 is 5.97 Å². The highest BCUT2D eigenvalue weighted by atomic mass is 16.5. The quantitative estimate of drug-likeness (QED) is 0.726. The van der Waals surface area contributed by atoms with Crippen LogP contribution >= 0.6 is 0 Å². The molecule has 0 saturated heterocycles. The zero-order chi connectivity index (χ0) is 17.9. The third-order valence-electron chi connectivity index (χ3n) is 4.29. The molecule has 0 spiro atoms. The van der Waals surface area contributed by atoms with Crippen LogP contribution in [0.3, 0.4) is 0 Å². The van der Waals surface area contributed by atoms with Crippen LogP contribution in [0.25, 0.3) is 11.3 Å². The second-order valence-corrected chi connectivity index (χ2v) is 6.14. The van der Waals surface area contributed by atoms with Gasteiger partial charge in [-0.1, -0.05) is 41.6 Å². The van der Waals surface area contributed by atoms with E-state index in [0.29, 0.717) is 29.6 Å². The van der Waals surface area contributed by atoms with Crippen molar-refractivity contribution in [2.24, 2.45) is 0 Å². The molecule has 0 amide bonds. The zero-order valence-electron chi connectivity index (χ0n) is 13.9. The van der Waals surface area contributed by atoms with Crippen molar-refractivity contribution in [1.29, 1.82) is 0 Å². The number of aromatic nitrogens is 1. The first kappa shape index (κ1) is 16.2. The van der Waals surface area contributed by atoms with Crippen LogP contribution < -0.4 is 9.47 Å². The Labute approximate surface area is 150 Å². The first-order chi connectivity index (χ1) is 12.7. The number of aliphatic carboxylic acids is 1. The van der Waals surface area contributed by atoms with Crippen LogP contribution in [-0.4, -0.2) is 22.8 Å². The van der Waals surface area contributed by atoms with Crippen molar-refractivity contribution < 1.29 is 23.9 Å². The smallest absolute Gasteiger partial charge is 0.304 e. The second-order valence-electron chi connectivity index (χ2n) is 6.14. The summed E-state index contributed by atoms with van der Waals surface area (Å²) in [5.41, 5.74) is 2.56. The van der Waals surface area contributed by atoms with Crippen LogP contribution in [0.2, 0.25) is 0 Å². The van der Waals surface area contributed by atoms with E-state index in [9.17, 15) is 4.79 Å². The highest BCUT2D eigenvalue weighted by molar-refractivity contribution is 5.68. The van der Waals surface area contributed by atoms with E-state index in [-0.39, 0.29) is 18.9 Å². The molecule has 0 bridgehead atoms. The molecule has 1 aliphatic heterocycles. The molecule has 3 aromatic rings. The van der Waals surface area contributed by atoms with E-state index in [0.717, 1.165) is 11.1 Å². The molecule has 1 aliphatic rings. The summed E-state index contributed by atoms with van der Waals surface area (Å²) in [6.45, 7) is 0.655. The maximum absolute atomic E-state index is 10.9. The van der Waals surface area contributed by atoms with Gasteiger partial charge in [-0.15, -0.1) is 0 Å². The number of nitrogens with zero attached hydrogens (tertiary/aromatic N) is 1. The Hall–Kier alpha value is -3.28. The molecule has 0 saturated carbocycles.